The first-order valence-electron chi connectivity index (χ1n) is 8.80. The zero-order valence-corrected chi connectivity index (χ0v) is 15.3. The molecule has 11 nitrogen and oxygen atoms in total. The predicted molar refractivity (Wildman–Crippen MR) is 94.9 cm³/mol. The van der Waals surface area contributed by atoms with Gasteiger partial charge in [-0.05, 0) is 18.2 Å². The van der Waals surface area contributed by atoms with Crippen molar-refractivity contribution >= 4 is 17.7 Å². The number of fused-ring (bicyclic) bond motifs is 1. The van der Waals surface area contributed by atoms with Gasteiger partial charge < -0.3 is 18.9 Å². The van der Waals surface area contributed by atoms with E-state index < -0.39 is 30.4 Å². The van der Waals surface area contributed by atoms with E-state index in [1.165, 1.54) is 18.0 Å². The summed E-state index contributed by atoms with van der Waals surface area (Å²) in [5, 5.41) is 19.2. The van der Waals surface area contributed by atoms with E-state index in [1.807, 2.05) is 6.07 Å². The summed E-state index contributed by atoms with van der Waals surface area (Å²) in [7, 11) is 1.26. The third-order valence-electron chi connectivity index (χ3n) is 4.72. The van der Waals surface area contributed by atoms with Crippen molar-refractivity contribution in [1.82, 2.24) is 15.0 Å². The first kappa shape index (κ1) is 18.9. The fraction of sp³-hybridized carbons (Fsp3) is 0.389. The van der Waals surface area contributed by atoms with E-state index in [9.17, 15) is 9.59 Å². The Morgan fingerprint density at radius 2 is 2.14 bits per heavy atom. The zero-order valence-electron chi connectivity index (χ0n) is 15.3. The molecule has 0 spiro atoms. The van der Waals surface area contributed by atoms with E-state index in [0.717, 1.165) is 0 Å². The molecular formula is C18H17N5O6. The van der Waals surface area contributed by atoms with E-state index in [1.54, 1.807) is 24.3 Å². The van der Waals surface area contributed by atoms with Crippen LogP contribution in [-0.2, 0) is 18.9 Å². The fourth-order valence-corrected chi connectivity index (χ4v) is 3.36. The monoisotopic (exact) mass is 399 g/mol. The normalized spacial score (nSPS) is 25.1. The Morgan fingerprint density at radius 1 is 1.31 bits per heavy atom. The summed E-state index contributed by atoms with van der Waals surface area (Å²) in [6.45, 7) is 0.432. The number of amides is 1. The lowest BCUT2D eigenvalue weighted by molar-refractivity contribution is 0.00770. The molecule has 1 aromatic carbocycles. The van der Waals surface area contributed by atoms with E-state index in [2.05, 4.69) is 20.4 Å². The summed E-state index contributed by atoms with van der Waals surface area (Å²) in [6.07, 6.45) is -0.680. The number of anilines is 1. The van der Waals surface area contributed by atoms with E-state index >= 15 is 0 Å². The molecule has 2 fully saturated rings. The van der Waals surface area contributed by atoms with Gasteiger partial charge in [-0.15, -0.1) is 5.10 Å². The van der Waals surface area contributed by atoms with Crippen molar-refractivity contribution in [2.24, 2.45) is 0 Å². The summed E-state index contributed by atoms with van der Waals surface area (Å²) < 4.78 is 23.1. The Hall–Kier alpha value is -3.49. The molecule has 4 unspecified atom stereocenters. The number of nitriles is 1. The Bertz CT molecular complexity index is 970. The number of aromatic nitrogens is 3. The molecule has 11 heteroatoms. The van der Waals surface area contributed by atoms with E-state index in [0.29, 0.717) is 11.3 Å². The first-order chi connectivity index (χ1) is 14.1. The van der Waals surface area contributed by atoms with Crippen molar-refractivity contribution in [3.63, 3.8) is 0 Å². The number of nitrogens with one attached hydrogen (secondary N) is 1. The van der Waals surface area contributed by atoms with Crippen molar-refractivity contribution in [1.29, 1.82) is 5.26 Å². The summed E-state index contributed by atoms with van der Waals surface area (Å²) >= 11 is 0. The number of carbonyl (C=O) groups is 2. The molecule has 2 aromatic rings. The molecule has 150 valence electrons. The lowest BCUT2D eigenvalue weighted by atomic mass is 10.1. The lowest BCUT2D eigenvalue weighted by Gasteiger charge is -2.17. The van der Waals surface area contributed by atoms with Crippen LogP contribution in [0, 0.1) is 11.3 Å². The molecule has 0 radical (unpaired) electrons. The van der Waals surface area contributed by atoms with Crippen LogP contribution in [0.3, 0.4) is 0 Å². The third kappa shape index (κ3) is 3.75. The van der Waals surface area contributed by atoms with Crippen molar-refractivity contribution in [2.45, 2.75) is 24.4 Å². The van der Waals surface area contributed by atoms with Gasteiger partial charge in [0, 0.05) is 5.69 Å². The lowest BCUT2D eigenvalue weighted by Crippen LogP contribution is -2.34. The van der Waals surface area contributed by atoms with Crippen LogP contribution in [0.25, 0.3) is 0 Å². The topological polar surface area (TPSA) is 138 Å². The van der Waals surface area contributed by atoms with Gasteiger partial charge in [-0.1, -0.05) is 11.3 Å². The molecule has 0 aliphatic carbocycles. The second-order valence-corrected chi connectivity index (χ2v) is 6.50. The number of hydrogen-bond acceptors (Lipinski definition) is 9. The molecule has 1 amide bonds. The van der Waals surface area contributed by atoms with Gasteiger partial charge in [-0.25, -0.2) is 14.3 Å². The summed E-state index contributed by atoms with van der Waals surface area (Å²) in [5.74, 6) is -0.586. The van der Waals surface area contributed by atoms with Gasteiger partial charge in [0.25, 0.3) is 0 Å². The average molecular weight is 399 g/mol. The Balaban J connectivity index is 1.37. The van der Waals surface area contributed by atoms with Crippen LogP contribution in [0.5, 0.6) is 0 Å². The summed E-state index contributed by atoms with van der Waals surface area (Å²) in [6, 6.07) is 8.18. The molecule has 1 aromatic heterocycles. The highest BCUT2D eigenvalue weighted by molar-refractivity contribution is 5.86. The first-order valence-corrected chi connectivity index (χ1v) is 8.80. The highest BCUT2D eigenvalue weighted by Gasteiger charge is 2.50. The van der Waals surface area contributed by atoms with Crippen LogP contribution in [0.1, 0.15) is 22.1 Å². The number of methoxy groups -OCH3 is 1. The van der Waals surface area contributed by atoms with E-state index in [-0.39, 0.29) is 24.9 Å². The molecule has 0 saturated carbocycles. The molecule has 2 aliphatic heterocycles. The van der Waals surface area contributed by atoms with Crippen LogP contribution in [-0.4, -0.2) is 65.7 Å². The highest BCUT2D eigenvalue weighted by atomic mass is 16.6. The quantitative estimate of drug-likeness (QED) is 0.743. The van der Waals surface area contributed by atoms with Gasteiger partial charge >= 0.3 is 12.1 Å². The van der Waals surface area contributed by atoms with Gasteiger partial charge in [0.05, 0.1) is 38.2 Å². The van der Waals surface area contributed by atoms with Gasteiger partial charge in [-0.3, -0.25) is 5.32 Å². The molecular weight excluding hydrogens is 382 g/mol. The molecule has 3 heterocycles. The number of ether oxygens (including phenoxy) is 4. The SMILES string of the molecule is COC(=O)c1cn(C2COC3C(OC(=O)Nc4cccc(C#N)c4)COC32)nn1. The van der Waals surface area contributed by atoms with Crippen molar-refractivity contribution in [3.8, 4) is 6.07 Å². The second kappa shape index (κ2) is 7.86. The maximum Gasteiger partial charge on any atom is 0.412 e. The Labute approximate surface area is 165 Å². The molecule has 4 atom stereocenters. The van der Waals surface area contributed by atoms with Gasteiger partial charge in [0.15, 0.2) is 11.8 Å². The number of benzene rings is 1. The molecule has 4 rings (SSSR count). The van der Waals surface area contributed by atoms with Crippen LogP contribution in [0.2, 0.25) is 0 Å². The minimum Gasteiger partial charge on any atom is -0.464 e. The van der Waals surface area contributed by atoms with Crippen LogP contribution in [0.15, 0.2) is 30.5 Å². The van der Waals surface area contributed by atoms with Gasteiger partial charge in [0.2, 0.25) is 0 Å². The summed E-state index contributed by atoms with van der Waals surface area (Å²) in [4.78, 5) is 23.8. The largest absolute Gasteiger partial charge is 0.464 e. The molecule has 1 N–H and O–H groups in total. The number of rotatable bonds is 4. The highest BCUT2D eigenvalue weighted by Crippen LogP contribution is 2.35. The third-order valence-corrected chi connectivity index (χ3v) is 4.72. The summed E-state index contributed by atoms with van der Waals surface area (Å²) in [5.41, 5.74) is 0.960. The number of carbonyl (C=O) groups excluding carboxylic acids is 2. The van der Waals surface area contributed by atoms with Crippen LogP contribution < -0.4 is 5.32 Å². The second-order valence-electron chi connectivity index (χ2n) is 6.50. The van der Waals surface area contributed by atoms with Crippen molar-refractivity contribution in [2.75, 3.05) is 25.6 Å². The number of nitrogens with zero attached hydrogens (tertiary/aromatic N) is 4. The minimum atomic E-state index is -0.671. The smallest absolute Gasteiger partial charge is 0.412 e. The fourth-order valence-electron chi connectivity index (χ4n) is 3.36. The zero-order chi connectivity index (χ0) is 20.4. The minimum absolute atomic E-state index is 0.0840. The predicted octanol–water partition coefficient (Wildman–Crippen LogP) is 0.892. The number of hydrogen-bond donors (Lipinski definition) is 1. The van der Waals surface area contributed by atoms with Gasteiger partial charge in [-0.2, -0.15) is 5.26 Å². The molecule has 2 saturated heterocycles. The molecule has 0 bridgehead atoms. The average Bonchev–Trinajstić information content (AvgIpc) is 3.45. The number of esters is 1. The van der Waals surface area contributed by atoms with Crippen molar-refractivity contribution in [3.05, 3.63) is 41.7 Å². The standard InChI is InChI=1S/C18H17N5O6/c1-26-17(24)12-7-23(22-21-12)13-8-27-16-14(9-28-15(13)16)29-18(25)20-11-4-2-3-10(5-11)6-19/h2-5,7,13-16H,8-9H2,1H3,(H,20,25). The Kier molecular flexibility index (Phi) is 5.11. The molecule has 2 aliphatic rings. The maximum absolute atomic E-state index is 12.2. The van der Waals surface area contributed by atoms with Crippen LogP contribution >= 0.6 is 0 Å². The Morgan fingerprint density at radius 3 is 2.93 bits per heavy atom. The van der Waals surface area contributed by atoms with Gasteiger partial charge in [0.1, 0.15) is 18.2 Å². The van der Waals surface area contributed by atoms with Crippen LogP contribution in [0.4, 0.5) is 10.5 Å². The maximum atomic E-state index is 12.2. The van der Waals surface area contributed by atoms with E-state index in [4.69, 9.17) is 19.5 Å². The molecule has 29 heavy (non-hydrogen) atoms. The van der Waals surface area contributed by atoms with Crippen molar-refractivity contribution < 1.29 is 28.5 Å².